The van der Waals surface area contributed by atoms with Crippen LogP contribution in [0.15, 0.2) is 12.1 Å². The van der Waals surface area contributed by atoms with Gasteiger partial charge in [0.15, 0.2) is 0 Å². The van der Waals surface area contributed by atoms with E-state index < -0.39 is 0 Å². The number of thiophene rings is 1. The van der Waals surface area contributed by atoms with Gasteiger partial charge in [0.05, 0.1) is 0 Å². The lowest BCUT2D eigenvalue weighted by atomic mass is 9.84. The maximum atomic E-state index is 11.4. The van der Waals surface area contributed by atoms with Crippen molar-refractivity contribution in [1.82, 2.24) is 9.80 Å². The molecule has 3 nitrogen and oxygen atoms in total. The normalized spacial score (nSPS) is 24.7. The third-order valence-electron chi connectivity index (χ3n) is 5.14. The van der Waals surface area contributed by atoms with Crippen LogP contribution in [0.2, 0.25) is 0 Å². The molecule has 1 unspecified atom stereocenters. The van der Waals surface area contributed by atoms with Gasteiger partial charge in [0.2, 0.25) is 5.91 Å². The largest absolute Gasteiger partial charge is 0.343 e. The second-order valence-electron chi connectivity index (χ2n) is 6.64. The molecule has 1 aromatic heterocycles. The molecule has 0 bridgehead atoms. The maximum absolute atomic E-state index is 11.4. The smallest absolute Gasteiger partial charge is 0.219 e. The Kier molecular flexibility index (Phi) is 4.65. The second-order valence-corrected chi connectivity index (χ2v) is 8.01. The van der Waals surface area contributed by atoms with Gasteiger partial charge in [-0.2, -0.15) is 0 Å². The predicted molar refractivity (Wildman–Crippen MR) is 87.4 cm³/mol. The van der Waals surface area contributed by atoms with Crippen molar-refractivity contribution in [1.29, 1.82) is 0 Å². The Morgan fingerprint density at radius 2 is 1.90 bits per heavy atom. The zero-order chi connectivity index (χ0) is 14.8. The number of aryl methyl sites for hydroxylation is 1. The second kappa shape index (κ2) is 6.49. The topological polar surface area (TPSA) is 23.6 Å². The number of piperidine rings is 1. The first-order valence-electron chi connectivity index (χ1n) is 8.15. The van der Waals surface area contributed by atoms with Crippen molar-refractivity contribution < 1.29 is 4.79 Å². The molecule has 0 aromatic carbocycles. The minimum atomic E-state index is 0.245. The van der Waals surface area contributed by atoms with Gasteiger partial charge >= 0.3 is 0 Å². The Bertz CT molecular complexity index is 491. The summed E-state index contributed by atoms with van der Waals surface area (Å²) < 4.78 is 0. The Hall–Kier alpha value is -0.870. The number of carbonyl (C=O) groups is 1. The zero-order valence-electron chi connectivity index (χ0n) is 13.2. The summed E-state index contributed by atoms with van der Waals surface area (Å²) in [5.41, 5.74) is 0. The molecule has 116 valence electrons. The van der Waals surface area contributed by atoms with Gasteiger partial charge in [-0.05, 0) is 56.7 Å². The molecule has 0 radical (unpaired) electrons. The van der Waals surface area contributed by atoms with E-state index in [1.165, 1.54) is 42.1 Å². The lowest BCUT2D eigenvalue weighted by Crippen LogP contribution is -2.39. The summed E-state index contributed by atoms with van der Waals surface area (Å²) in [6.45, 7) is 9.45. The first-order chi connectivity index (χ1) is 10.1. The van der Waals surface area contributed by atoms with Gasteiger partial charge in [-0.25, -0.2) is 0 Å². The molecule has 2 aliphatic rings. The summed E-state index contributed by atoms with van der Waals surface area (Å²) in [5, 5.41) is 0. The minimum Gasteiger partial charge on any atom is -0.343 e. The van der Waals surface area contributed by atoms with Crippen molar-refractivity contribution in [3.8, 4) is 0 Å². The Morgan fingerprint density at radius 3 is 2.52 bits per heavy atom. The van der Waals surface area contributed by atoms with E-state index in [0.717, 1.165) is 31.5 Å². The quantitative estimate of drug-likeness (QED) is 0.856. The van der Waals surface area contributed by atoms with Crippen molar-refractivity contribution in [3.63, 3.8) is 0 Å². The van der Waals surface area contributed by atoms with Crippen LogP contribution in [0.3, 0.4) is 0 Å². The minimum absolute atomic E-state index is 0.245. The number of carbonyl (C=O) groups excluding carboxylic acids is 1. The van der Waals surface area contributed by atoms with Gasteiger partial charge in [0.1, 0.15) is 0 Å². The van der Waals surface area contributed by atoms with Crippen molar-refractivity contribution in [3.05, 3.63) is 21.9 Å². The molecular formula is C17H26N2OS. The van der Waals surface area contributed by atoms with Crippen molar-refractivity contribution in [2.45, 2.75) is 39.7 Å². The van der Waals surface area contributed by atoms with Crippen LogP contribution in [0.5, 0.6) is 0 Å². The molecule has 2 aliphatic heterocycles. The highest BCUT2D eigenvalue weighted by Gasteiger charge is 2.32. The maximum Gasteiger partial charge on any atom is 0.219 e. The number of likely N-dealkylation sites (tertiary alicyclic amines) is 2. The standard InChI is InChI=1S/C17H26N2OS/c1-13-3-4-17(21-13)12-18-8-5-16(11-18)15-6-9-19(10-7-15)14(2)20/h3-4,15-16H,5-12H2,1-2H3. The van der Waals surface area contributed by atoms with E-state index in [-0.39, 0.29) is 5.91 Å². The summed E-state index contributed by atoms with van der Waals surface area (Å²) in [4.78, 5) is 18.9. The number of hydrogen-bond donors (Lipinski definition) is 0. The summed E-state index contributed by atoms with van der Waals surface area (Å²) in [6.07, 6.45) is 3.75. The average Bonchev–Trinajstić information content (AvgIpc) is 3.09. The molecular weight excluding hydrogens is 280 g/mol. The van der Waals surface area contributed by atoms with Crippen LogP contribution < -0.4 is 0 Å². The number of amides is 1. The molecule has 1 amide bonds. The lowest BCUT2D eigenvalue weighted by Gasteiger charge is -2.34. The molecule has 1 atom stereocenters. The van der Waals surface area contributed by atoms with E-state index in [1.807, 2.05) is 16.2 Å². The van der Waals surface area contributed by atoms with Crippen molar-refractivity contribution >= 4 is 17.2 Å². The molecule has 0 spiro atoms. The molecule has 21 heavy (non-hydrogen) atoms. The van der Waals surface area contributed by atoms with Crippen LogP contribution >= 0.6 is 11.3 Å². The monoisotopic (exact) mass is 306 g/mol. The fraction of sp³-hybridized carbons (Fsp3) is 0.706. The molecule has 3 heterocycles. The Morgan fingerprint density at radius 1 is 1.19 bits per heavy atom. The van der Waals surface area contributed by atoms with E-state index in [4.69, 9.17) is 0 Å². The zero-order valence-corrected chi connectivity index (χ0v) is 14.0. The molecule has 4 heteroatoms. The van der Waals surface area contributed by atoms with E-state index in [2.05, 4.69) is 24.0 Å². The average molecular weight is 306 g/mol. The van der Waals surface area contributed by atoms with Crippen LogP contribution in [0, 0.1) is 18.8 Å². The Labute approximate surface area is 131 Å². The van der Waals surface area contributed by atoms with Crippen molar-refractivity contribution in [2.24, 2.45) is 11.8 Å². The lowest BCUT2D eigenvalue weighted by molar-refractivity contribution is -0.130. The van der Waals surface area contributed by atoms with Crippen LogP contribution in [0.25, 0.3) is 0 Å². The summed E-state index contributed by atoms with van der Waals surface area (Å²) >= 11 is 1.93. The number of rotatable bonds is 3. The summed E-state index contributed by atoms with van der Waals surface area (Å²) in [6, 6.07) is 4.50. The first-order valence-corrected chi connectivity index (χ1v) is 8.96. The van der Waals surface area contributed by atoms with Gasteiger partial charge in [-0.3, -0.25) is 9.69 Å². The molecule has 2 fully saturated rings. The summed E-state index contributed by atoms with van der Waals surface area (Å²) in [5.74, 6) is 1.92. The van der Waals surface area contributed by atoms with Gasteiger partial charge in [-0.15, -0.1) is 11.3 Å². The van der Waals surface area contributed by atoms with E-state index in [1.54, 1.807) is 6.92 Å². The van der Waals surface area contributed by atoms with E-state index in [0.29, 0.717) is 0 Å². The van der Waals surface area contributed by atoms with Crippen LogP contribution in [0.4, 0.5) is 0 Å². The first kappa shape index (κ1) is 15.0. The predicted octanol–water partition coefficient (Wildman–Crippen LogP) is 3.14. The van der Waals surface area contributed by atoms with Crippen LogP contribution in [-0.4, -0.2) is 41.9 Å². The fourth-order valence-electron chi connectivity index (χ4n) is 3.87. The van der Waals surface area contributed by atoms with Gasteiger partial charge < -0.3 is 4.90 Å². The number of nitrogens with zero attached hydrogens (tertiary/aromatic N) is 2. The molecule has 1 aromatic rings. The third kappa shape index (κ3) is 3.67. The van der Waals surface area contributed by atoms with Crippen LogP contribution in [0.1, 0.15) is 35.9 Å². The van der Waals surface area contributed by atoms with Gasteiger partial charge in [-0.1, -0.05) is 0 Å². The van der Waals surface area contributed by atoms with E-state index in [9.17, 15) is 4.79 Å². The van der Waals surface area contributed by atoms with E-state index >= 15 is 0 Å². The molecule has 3 rings (SSSR count). The SMILES string of the molecule is CC(=O)N1CCC(C2CCN(Cc3ccc(C)s3)C2)CC1. The van der Waals surface area contributed by atoms with Gasteiger partial charge in [0.25, 0.3) is 0 Å². The Balaban J connectivity index is 1.47. The molecule has 2 saturated heterocycles. The fourth-order valence-corrected chi connectivity index (χ4v) is 4.80. The molecule has 0 saturated carbocycles. The summed E-state index contributed by atoms with van der Waals surface area (Å²) in [7, 11) is 0. The highest BCUT2D eigenvalue weighted by Crippen LogP contribution is 2.33. The molecule has 0 aliphatic carbocycles. The van der Waals surface area contributed by atoms with Crippen LogP contribution in [-0.2, 0) is 11.3 Å². The highest BCUT2D eigenvalue weighted by atomic mass is 32.1. The number of hydrogen-bond acceptors (Lipinski definition) is 3. The highest BCUT2D eigenvalue weighted by molar-refractivity contribution is 7.11. The van der Waals surface area contributed by atoms with Gasteiger partial charge in [0, 0.05) is 42.9 Å². The third-order valence-corrected chi connectivity index (χ3v) is 6.12. The van der Waals surface area contributed by atoms with Crippen molar-refractivity contribution in [2.75, 3.05) is 26.2 Å². The molecule has 0 N–H and O–H groups in total.